The van der Waals surface area contributed by atoms with Gasteiger partial charge in [-0.3, -0.25) is 9.48 Å². The average Bonchev–Trinajstić information content (AvgIpc) is 3.24. The molecule has 1 aromatic heterocycles. The molecule has 0 radical (unpaired) electrons. The Bertz CT molecular complexity index is 995. The fourth-order valence-corrected chi connectivity index (χ4v) is 3.73. The van der Waals surface area contributed by atoms with Crippen molar-refractivity contribution < 1.29 is 14.3 Å². The van der Waals surface area contributed by atoms with E-state index >= 15 is 0 Å². The molecule has 2 heterocycles. The summed E-state index contributed by atoms with van der Waals surface area (Å²) in [7, 11) is 1.64. The Morgan fingerprint density at radius 1 is 1.13 bits per heavy atom. The number of aromatic nitrogens is 2. The molecule has 1 N–H and O–H groups in total. The van der Waals surface area contributed by atoms with Crippen LogP contribution in [-0.4, -0.2) is 49.1 Å². The molecule has 4 rings (SSSR count). The predicted octanol–water partition coefficient (Wildman–Crippen LogP) is 3.27. The molecule has 7 heteroatoms. The summed E-state index contributed by atoms with van der Waals surface area (Å²) in [6.07, 6.45) is 1.96. The van der Waals surface area contributed by atoms with E-state index < -0.39 is 0 Å². The first-order valence-electron chi connectivity index (χ1n) is 10.5. The molecular formula is C24H28N4O3. The Morgan fingerprint density at radius 2 is 1.84 bits per heavy atom. The van der Waals surface area contributed by atoms with Gasteiger partial charge in [0.1, 0.15) is 12.3 Å². The van der Waals surface area contributed by atoms with E-state index in [0.717, 1.165) is 41.3 Å². The van der Waals surface area contributed by atoms with Crippen LogP contribution in [0.2, 0.25) is 0 Å². The van der Waals surface area contributed by atoms with Gasteiger partial charge >= 0.3 is 0 Å². The van der Waals surface area contributed by atoms with Gasteiger partial charge in [0.25, 0.3) is 0 Å². The van der Waals surface area contributed by atoms with E-state index in [1.807, 2.05) is 55.6 Å². The Balaban J connectivity index is 1.49. The number of anilines is 1. The topological polar surface area (TPSA) is 68.6 Å². The van der Waals surface area contributed by atoms with Crippen molar-refractivity contribution in [1.29, 1.82) is 0 Å². The summed E-state index contributed by atoms with van der Waals surface area (Å²) in [6, 6.07) is 17.8. The van der Waals surface area contributed by atoms with Crippen LogP contribution in [0.5, 0.6) is 5.75 Å². The summed E-state index contributed by atoms with van der Waals surface area (Å²) >= 11 is 0. The van der Waals surface area contributed by atoms with E-state index in [9.17, 15) is 4.79 Å². The maximum Gasteiger partial charge on any atom is 0.242 e. The fraction of sp³-hybridized carbons (Fsp3) is 0.333. The Hall–Kier alpha value is -3.32. The van der Waals surface area contributed by atoms with Gasteiger partial charge in [-0.2, -0.15) is 5.10 Å². The highest BCUT2D eigenvalue weighted by molar-refractivity contribution is 5.78. The third-order valence-corrected chi connectivity index (χ3v) is 5.44. The lowest BCUT2D eigenvalue weighted by Gasteiger charge is -2.27. The largest absolute Gasteiger partial charge is 0.497 e. The van der Waals surface area contributed by atoms with E-state index in [-0.39, 0.29) is 18.5 Å². The van der Waals surface area contributed by atoms with Crippen molar-refractivity contribution in [2.45, 2.75) is 19.5 Å². The summed E-state index contributed by atoms with van der Waals surface area (Å²) in [5.74, 6) is 1.60. The number of nitrogens with one attached hydrogen (secondary N) is 1. The minimum absolute atomic E-state index is 0.0843. The molecule has 1 atom stereocenters. The number of rotatable bonds is 7. The molecule has 0 unspecified atom stereocenters. The van der Waals surface area contributed by atoms with E-state index in [1.54, 1.807) is 11.8 Å². The number of hydrogen-bond acceptors (Lipinski definition) is 5. The van der Waals surface area contributed by atoms with Gasteiger partial charge in [-0.15, -0.1) is 0 Å². The number of nitrogens with zero attached hydrogens (tertiary/aromatic N) is 3. The fourth-order valence-electron chi connectivity index (χ4n) is 3.73. The summed E-state index contributed by atoms with van der Waals surface area (Å²) in [5.41, 5.74) is 3.13. The molecule has 1 aliphatic rings. The average molecular weight is 421 g/mol. The van der Waals surface area contributed by atoms with Crippen LogP contribution in [0.15, 0.2) is 60.8 Å². The highest BCUT2D eigenvalue weighted by Gasteiger charge is 2.21. The smallest absolute Gasteiger partial charge is 0.242 e. The SMILES string of the molecule is COc1ccc([C@@H](C)NC(=O)Cn2cc(-c3ccccc3)c(N3CCOCC3)n2)cc1. The molecule has 0 spiro atoms. The molecule has 1 saturated heterocycles. The maximum atomic E-state index is 12.7. The molecule has 1 fully saturated rings. The van der Waals surface area contributed by atoms with Gasteiger partial charge in [0.15, 0.2) is 5.82 Å². The van der Waals surface area contributed by atoms with Crippen LogP contribution in [0.25, 0.3) is 11.1 Å². The van der Waals surface area contributed by atoms with Gasteiger partial charge in [0.05, 0.1) is 26.4 Å². The van der Waals surface area contributed by atoms with Crippen molar-refractivity contribution in [2.75, 3.05) is 38.3 Å². The van der Waals surface area contributed by atoms with Crippen LogP contribution in [0.1, 0.15) is 18.5 Å². The first-order chi connectivity index (χ1) is 15.1. The molecule has 3 aromatic rings. The first-order valence-corrected chi connectivity index (χ1v) is 10.5. The molecule has 0 aliphatic carbocycles. The van der Waals surface area contributed by atoms with Crippen molar-refractivity contribution in [3.05, 3.63) is 66.4 Å². The third kappa shape index (κ3) is 5.06. The number of methoxy groups -OCH3 is 1. The van der Waals surface area contributed by atoms with Crippen LogP contribution >= 0.6 is 0 Å². The highest BCUT2D eigenvalue weighted by Crippen LogP contribution is 2.30. The van der Waals surface area contributed by atoms with E-state index in [0.29, 0.717) is 13.2 Å². The number of morpholine rings is 1. The molecule has 0 bridgehead atoms. The summed E-state index contributed by atoms with van der Waals surface area (Å²) in [6.45, 7) is 5.07. The van der Waals surface area contributed by atoms with Crippen molar-refractivity contribution >= 4 is 11.7 Å². The summed E-state index contributed by atoms with van der Waals surface area (Å²) in [4.78, 5) is 14.9. The van der Waals surface area contributed by atoms with Gasteiger partial charge in [0.2, 0.25) is 5.91 Å². The van der Waals surface area contributed by atoms with Crippen LogP contribution in [-0.2, 0) is 16.1 Å². The van der Waals surface area contributed by atoms with E-state index in [1.165, 1.54) is 0 Å². The van der Waals surface area contributed by atoms with Crippen molar-refractivity contribution in [3.63, 3.8) is 0 Å². The van der Waals surface area contributed by atoms with Crippen LogP contribution in [0.4, 0.5) is 5.82 Å². The number of carbonyl (C=O) groups excluding carboxylic acids is 1. The molecule has 1 aliphatic heterocycles. The lowest BCUT2D eigenvalue weighted by molar-refractivity contribution is -0.122. The zero-order valence-electron chi connectivity index (χ0n) is 18.0. The molecule has 0 saturated carbocycles. The van der Waals surface area contributed by atoms with Crippen LogP contribution < -0.4 is 15.0 Å². The van der Waals surface area contributed by atoms with E-state index in [2.05, 4.69) is 22.3 Å². The minimum atomic E-state index is -0.110. The standard InChI is InChI=1S/C24H28N4O3/c1-18(19-8-10-21(30-2)11-9-19)25-23(29)17-28-16-22(20-6-4-3-5-7-20)24(26-28)27-12-14-31-15-13-27/h3-11,16,18H,12-15,17H2,1-2H3,(H,25,29)/t18-/m1/s1. The molecular weight excluding hydrogens is 392 g/mol. The van der Waals surface area contributed by atoms with E-state index in [4.69, 9.17) is 14.6 Å². The van der Waals surface area contributed by atoms with Crippen LogP contribution in [0, 0.1) is 0 Å². The van der Waals surface area contributed by atoms with Crippen molar-refractivity contribution in [3.8, 4) is 16.9 Å². The number of amides is 1. The molecule has 2 aromatic carbocycles. The normalized spacial score (nSPS) is 14.8. The zero-order valence-corrected chi connectivity index (χ0v) is 18.0. The number of carbonyl (C=O) groups is 1. The Kier molecular flexibility index (Phi) is 6.52. The maximum absolute atomic E-state index is 12.7. The Morgan fingerprint density at radius 3 is 2.52 bits per heavy atom. The summed E-state index contributed by atoms with van der Waals surface area (Å²) < 4.78 is 12.4. The second-order valence-corrected chi connectivity index (χ2v) is 7.59. The molecule has 7 nitrogen and oxygen atoms in total. The minimum Gasteiger partial charge on any atom is -0.497 e. The van der Waals surface area contributed by atoms with Gasteiger partial charge < -0.3 is 19.7 Å². The van der Waals surface area contributed by atoms with Gasteiger partial charge in [-0.05, 0) is 30.2 Å². The lowest BCUT2D eigenvalue weighted by atomic mass is 10.1. The second kappa shape index (κ2) is 9.66. The molecule has 31 heavy (non-hydrogen) atoms. The quantitative estimate of drug-likeness (QED) is 0.635. The molecule has 162 valence electrons. The van der Waals surface area contributed by atoms with Crippen molar-refractivity contribution in [1.82, 2.24) is 15.1 Å². The Labute approximate surface area is 182 Å². The van der Waals surface area contributed by atoms with Crippen molar-refractivity contribution in [2.24, 2.45) is 0 Å². The second-order valence-electron chi connectivity index (χ2n) is 7.59. The zero-order chi connectivity index (χ0) is 21.6. The predicted molar refractivity (Wildman–Crippen MR) is 120 cm³/mol. The number of benzene rings is 2. The third-order valence-electron chi connectivity index (χ3n) is 5.44. The lowest BCUT2D eigenvalue weighted by Crippen LogP contribution is -2.37. The van der Waals surface area contributed by atoms with Gasteiger partial charge in [-0.1, -0.05) is 42.5 Å². The number of hydrogen-bond donors (Lipinski definition) is 1. The van der Waals surface area contributed by atoms with Gasteiger partial charge in [0, 0.05) is 24.8 Å². The van der Waals surface area contributed by atoms with Gasteiger partial charge in [-0.25, -0.2) is 0 Å². The highest BCUT2D eigenvalue weighted by atomic mass is 16.5. The summed E-state index contributed by atoms with van der Waals surface area (Å²) in [5, 5.41) is 7.82. The monoisotopic (exact) mass is 420 g/mol. The molecule has 1 amide bonds. The number of ether oxygens (including phenoxy) is 2. The van der Waals surface area contributed by atoms with Crippen LogP contribution in [0.3, 0.4) is 0 Å². The first kappa shape index (κ1) is 20.9.